The summed E-state index contributed by atoms with van der Waals surface area (Å²) in [4.78, 5) is 58.4. The molecule has 4 N–H and O–H groups in total. The van der Waals surface area contributed by atoms with Crippen LogP contribution in [0.5, 0.6) is 0 Å². The monoisotopic (exact) mass is 1400 g/mol. The Hall–Kier alpha value is -4.05. The van der Waals surface area contributed by atoms with E-state index in [0.717, 1.165) is 103 Å². The van der Waals surface area contributed by atoms with Crippen molar-refractivity contribution in [2.45, 2.75) is 322 Å². The van der Waals surface area contributed by atoms with Gasteiger partial charge < -0.3 is 34.2 Å². The molecule has 5 atom stereocenters. The molecule has 97 heavy (non-hydrogen) atoms. The maximum Gasteiger partial charge on any atom is 0.472 e. The van der Waals surface area contributed by atoms with E-state index in [4.69, 9.17) is 32.3 Å². The van der Waals surface area contributed by atoms with E-state index < -0.39 is 91.5 Å². The number of allylic oxidation sites excluding steroid dienone is 20. The van der Waals surface area contributed by atoms with Crippen molar-refractivity contribution in [2.24, 2.45) is 0 Å². The van der Waals surface area contributed by atoms with Crippen molar-refractivity contribution in [1.29, 1.82) is 0 Å². The van der Waals surface area contributed by atoms with Gasteiger partial charge in [-0.15, -0.1) is 0 Å². The molecule has 0 bridgehead atoms. The van der Waals surface area contributed by atoms with Crippen molar-refractivity contribution in [1.82, 2.24) is 0 Å². The van der Waals surface area contributed by atoms with Gasteiger partial charge in [-0.3, -0.25) is 32.5 Å². The Morgan fingerprint density at radius 3 is 0.948 bits per heavy atom. The molecule has 0 aliphatic heterocycles. The van der Waals surface area contributed by atoms with Gasteiger partial charge in [0, 0.05) is 19.3 Å². The predicted molar refractivity (Wildman–Crippen MR) is 399 cm³/mol. The fraction of sp³-hybridized carbons (Fsp3) is 0.709. The minimum Gasteiger partial charge on any atom is -0.463 e. The molecule has 0 spiro atoms. The Morgan fingerprint density at radius 1 is 0.299 bits per heavy atom. The third kappa shape index (κ3) is 73.0. The van der Waals surface area contributed by atoms with E-state index >= 15 is 0 Å². The summed E-state index contributed by atoms with van der Waals surface area (Å²) in [5.74, 6) is -1.67. The van der Waals surface area contributed by atoms with Crippen LogP contribution in [0.25, 0.3) is 0 Å². The molecule has 0 aromatic carbocycles. The lowest BCUT2D eigenvalue weighted by atomic mass is 10.0. The standard InChI is InChI=1S/C79H136O16P2/c1-4-7-10-13-16-19-22-25-27-29-31-32-33-34-35-36-37-38-39-40-42-44-45-48-50-53-56-59-62-65-77(82)89-68-74(80)69-91-96(85,86)92-70-75(81)71-93-97(87,88)94-73-76(95-79(84)67-64-61-58-55-52-47-24-21-18-15-12-9-6-3)72-90-78(83)66-63-60-57-54-51-49-46-43-41-30-28-26-23-20-17-14-11-8-5-2/h8,11,16-17,19-20,25-28,31-32,34-35,41,43,49,51,57,60,74-76,80-81H,4-7,9-10,12-15,18,21-24,29-30,33,36-40,42,44-48,50,52-56,58-59,61-73H2,1-3H3,(H,85,86)(H,87,88)/b11-8-,19-16-,20-17-,27-25-,28-26-,32-31-,35-34-,43-41-,51-49-,60-57-. The number of ether oxygens (including phenoxy) is 3. The second-order valence-electron chi connectivity index (χ2n) is 25.1. The van der Waals surface area contributed by atoms with Crippen molar-refractivity contribution < 1.29 is 75.8 Å². The van der Waals surface area contributed by atoms with Gasteiger partial charge >= 0.3 is 33.6 Å². The molecule has 0 saturated carbocycles. The number of hydrogen-bond acceptors (Lipinski definition) is 14. The zero-order chi connectivity index (χ0) is 70.9. The predicted octanol–water partition coefficient (Wildman–Crippen LogP) is 21.8. The van der Waals surface area contributed by atoms with Gasteiger partial charge in [0.15, 0.2) is 6.10 Å². The van der Waals surface area contributed by atoms with E-state index in [9.17, 15) is 43.5 Å². The van der Waals surface area contributed by atoms with Gasteiger partial charge in [0.25, 0.3) is 0 Å². The highest BCUT2D eigenvalue weighted by Crippen LogP contribution is 2.45. The number of esters is 3. The number of unbranched alkanes of at least 4 members (excludes halogenated alkanes) is 28. The van der Waals surface area contributed by atoms with Crippen LogP contribution in [0.4, 0.5) is 0 Å². The van der Waals surface area contributed by atoms with Crippen molar-refractivity contribution >= 4 is 33.6 Å². The van der Waals surface area contributed by atoms with Crippen LogP contribution >= 0.6 is 15.6 Å². The molecule has 16 nitrogen and oxygen atoms in total. The number of rotatable bonds is 71. The quantitative estimate of drug-likeness (QED) is 0.0146. The molecule has 18 heteroatoms. The topological polar surface area (TPSA) is 231 Å². The molecule has 0 rings (SSSR count). The molecule has 558 valence electrons. The Balaban J connectivity index is 4.53. The molecule has 0 aromatic rings. The van der Waals surface area contributed by atoms with Gasteiger partial charge in [0.2, 0.25) is 0 Å². The summed E-state index contributed by atoms with van der Waals surface area (Å²) >= 11 is 0. The third-order valence-corrected chi connectivity index (χ3v) is 17.6. The second-order valence-corrected chi connectivity index (χ2v) is 28.0. The number of hydrogen-bond donors (Lipinski definition) is 4. The highest BCUT2D eigenvalue weighted by Gasteiger charge is 2.29. The molecule has 0 fully saturated rings. The third-order valence-electron chi connectivity index (χ3n) is 15.7. The van der Waals surface area contributed by atoms with Gasteiger partial charge in [-0.25, -0.2) is 9.13 Å². The van der Waals surface area contributed by atoms with Crippen LogP contribution in [0.1, 0.15) is 303 Å². The fourth-order valence-electron chi connectivity index (χ4n) is 9.93. The molecular weight excluding hydrogens is 1270 g/mol. The number of carbonyl (C=O) groups excluding carboxylic acids is 3. The fourth-order valence-corrected chi connectivity index (χ4v) is 11.5. The summed E-state index contributed by atoms with van der Waals surface area (Å²) in [6, 6.07) is 0. The maximum atomic E-state index is 12.9. The van der Waals surface area contributed by atoms with Crippen molar-refractivity contribution in [3.8, 4) is 0 Å². The minimum absolute atomic E-state index is 0.0450. The average molecular weight is 1400 g/mol. The average Bonchev–Trinajstić information content (AvgIpc) is 2.57. The van der Waals surface area contributed by atoms with E-state index in [1.165, 1.54) is 135 Å². The highest BCUT2D eigenvalue weighted by molar-refractivity contribution is 7.47. The van der Waals surface area contributed by atoms with E-state index in [1.807, 2.05) is 18.2 Å². The van der Waals surface area contributed by atoms with E-state index in [1.54, 1.807) is 0 Å². The summed E-state index contributed by atoms with van der Waals surface area (Å²) in [5.41, 5.74) is 0. The maximum absolute atomic E-state index is 12.9. The van der Waals surface area contributed by atoms with Crippen molar-refractivity contribution in [3.05, 3.63) is 122 Å². The molecule has 0 amide bonds. The molecule has 0 aliphatic carbocycles. The summed E-state index contributed by atoms with van der Waals surface area (Å²) in [6.45, 7) is 2.45. The minimum atomic E-state index is -4.94. The molecule has 0 heterocycles. The summed E-state index contributed by atoms with van der Waals surface area (Å²) in [5, 5.41) is 20.6. The number of phosphoric acid groups is 2. The zero-order valence-corrected chi connectivity index (χ0v) is 62.5. The first-order valence-corrected chi connectivity index (χ1v) is 40.8. The smallest absolute Gasteiger partial charge is 0.463 e. The van der Waals surface area contributed by atoms with Crippen LogP contribution in [0.15, 0.2) is 122 Å². The molecular formula is C79H136O16P2. The Labute approximate surface area is 589 Å². The Bertz CT molecular complexity index is 2250. The first kappa shape index (κ1) is 93.0. The van der Waals surface area contributed by atoms with Crippen LogP contribution in [0.3, 0.4) is 0 Å². The SMILES string of the molecule is CC/C=C\C/C=C\C/C=C\C/C=C\C/C=C\C/C=C\CCC(=O)OCC(COP(=O)(O)OCC(O)COP(=O)(O)OCC(O)COC(=O)CCCCCCCCCCCCCCC/C=C\C/C=C\C/C=C\C/C=C\CCCCC)OC(=O)CCCCCCCCCCCCCCC. The lowest BCUT2D eigenvalue weighted by Gasteiger charge is -2.21. The van der Waals surface area contributed by atoms with Crippen LogP contribution in [-0.2, 0) is 55.8 Å². The van der Waals surface area contributed by atoms with Crippen LogP contribution < -0.4 is 0 Å². The molecule has 0 saturated heterocycles. The Kier molecular flexibility index (Phi) is 68.8. The van der Waals surface area contributed by atoms with E-state index in [-0.39, 0.29) is 19.3 Å². The normalized spacial score (nSPS) is 14.8. The molecule has 0 aromatic heterocycles. The van der Waals surface area contributed by atoms with Gasteiger partial charge in [-0.05, 0) is 103 Å². The second kappa shape index (κ2) is 71.8. The number of aliphatic hydroxyl groups is 2. The van der Waals surface area contributed by atoms with Crippen LogP contribution in [-0.4, -0.2) is 95.9 Å². The number of aliphatic hydroxyl groups excluding tert-OH is 2. The van der Waals surface area contributed by atoms with E-state index in [0.29, 0.717) is 25.7 Å². The molecule has 0 aliphatic rings. The van der Waals surface area contributed by atoms with E-state index in [2.05, 4.69) is 124 Å². The van der Waals surface area contributed by atoms with Gasteiger partial charge in [-0.1, -0.05) is 303 Å². The highest BCUT2D eigenvalue weighted by atomic mass is 31.2. The molecule has 5 unspecified atom stereocenters. The van der Waals surface area contributed by atoms with Crippen molar-refractivity contribution in [3.63, 3.8) is 0 Å². The van der Waals surface area contributed by atoms with Crippen molar-refractivity contribution in [2.75, 3.05) is 39.6 Å². The summed E-state index contributed by atoms with van der Waals surface area (Å²) < 4.78 is 60.9. The first-order valence-electron chi connectivity index (χ1n) is 37.8. The lowest BCUT2D eigenvalue weighted by molar-refractivity contribution is -0.161. The summed E-state index contributed by atoms with van der Waals surface area (Å²) in [6.07, 6.45) is 84.2. The molecule has 0 radical (unpaired) electrons. The van der Waals surface area contributed by atoms with Gasteiger partial charge in [0.05, 0.1) is 26.4 Å². The lowest BCUT2D eigenvalue weighted by Crippen LogP contribution is -2.30. The summed E-state index contributed by atoms with van der Waals surface area (Å²) in [7, 11) is -9.80. The first-order chi connectivity index (χ1) is 47.2. The Morgan fingerprint density at radius 2 is 0.567 bits per heavy atom. The largest absolute Gasteiger partial charge is 0.472 e. The van der Waals surface area contributed by atoms with Gasteiger partial charge in [0.1, 0.15) is 25.4 Å². The van der Waals surface area contributed by atoms with Gasteiger partial charge in [-0.2, -0.15) is 0 Å². The van der Waals surface area contributed by atoms with Crippen LogP contribution in [0, 0.1) is 0 Å². The number of phosphoric ester groups is 2. The number of carbonyl (C=O) groups is 3. The van der Waals surface area contributed by atoms with Crippen LogP contribution in [0.2, 0.25) is 0 Å². The zero-order valence-electron chi connectivity index (χ0n) is 60.7.